The Bertz CT molecular complexity index is 1040. The second-order valence-electron chi connectivity index (χ2n) is 14.2. The van der Waals surface area contributed by atoms with Gasteiger partial charge in [0.2, 0.25) is 0 Å². The van der Waals surface area contributed by atoms with Gasteiger partial charge in [-0.3, -0.25) is 5.32 Å². The molecule has 8 atom stereocenters. The third-order valence-electron chi connectivity index (χ3n) is 11.6. The second-order valence-corrected chi connectivity index (χ2v) is 14.6. The molecule has 0 saturated heterocycles. The topological polar surface area (TPSA) is 38.3 Å². The highest BCUT2D eigenvalue weighted by Crippen LogP contribution is 2.67. The number of carbonyl (C=O) groups excluding carboxylic acids is 1. The molecule has 0 aromatic heterocycles. The van der Waals surface area contributed by atoms with E-state index < -0.39 is 0 Å². The first-order chi connectivity index (χ1) is 18.1. The lowest BCUT2D eigenvalue weighted by Crippen LogP contribution is -2.51. The van der Waals surface area contributed by atoms with Gasteiger partial charge in [-0.2, -0.15) is 0 Å². The van der Waals surface area contributed by atoms with E-state index in [0.717, 1.165) is 54.8 Å². The molecule has 1 aromatic carbocycles. The number of carbonyl (C=O) groups is 1. The summed E-state index contributed by atoms with van der Waals surface area (Å²) < 4.78 is 5.90. The Labute approximate surface area is 236 Å². The number of allylic oxidation sites excluding steroid dienone is 1. The standard InChI is InChI=1S/C34H50ClNO2/c1-22(2)8-6-9-23(3)29-14-15-30-28-13-12-24-20-27(38-32(37)36-26-11-7-10-25(35)21-26)16-18-33(24,4)31(28)17-19-34(29,30)5/h7,10-12,21-23,27-31H,6,8-9,13-20H2,1-5H3,(H,36,37)/t23-,27+,28-,29+,30-,31-,33+,34+/m1/s1. The Kier molecular flexibility index (Phi) is 8.26. The average Bonchev–Trinajstić information content (AvgIpc) is 3.21. The smallest absolute Gasteiger partial charge is 0.411 e. The van der Waals surface area contributed by atoms with Crippen LogP contribution in [0.3, 0.4) is 0 Å². The van der Waals surface area contributed by atoms with E-state index in [4.69, 9.17) is 16.3 Å². The zero-order valence-electron chi connectivity index (χ0n) is 24.4. The monoisotopic (exact) mass is 539 g/mol. The van der Waals surface area contributed by atoms with Crippen molar-refractivity contribution < 1.29 is 9.53 Å². The van der Waals surface area contributed by atoms with Crippen molar-refractivity contribution in [3.63, 3.8) is 0 Å². The normalized spacial score (nSPS) is 37.0. The number of benzene rings is 1. The van der Waals surface area contributed by atoms with Crippen LogP contribution < -0.4 is 5.32 Å². The third kappa shape index (κ3) is 5.43. The molecule has 210 valence electrons. The molecule has 0 radical (unpaired) electrons. The van der Waals surface area contributed by atoms with E-state index in [1.54, 1.807) is 17.7 Å². The minimum absolute atomic E-state index is 0.0403. The number of amides is 1. The molecule has 1 amide bonds. The molecule has 0 bridgehead atoms. The van der Waals surface area contributed by atoms with Gasteiger partial charge in [0, 0.05) is 17.1 Å². The molecular formula is C34H50ClNO2. The Morgan fingerprint density at radius 3 is 2.66 bits per heavy atom. The van der Waals surface area contributed by atoms with Crippen LogP contribution in [0.5, 0.6) is 0 Å². The second kappa shape index (κ2) is 11.2. The summed E-state index contributed by atoms with van der Waals surface area (Å²) in [5.41, 5.74) is 3.04. The minimum Gasteiger partial charge on any atom is -0.446 e. The molecule has 4 aliphatic rings. The van der Waals surface area contributed by atoms with Crippen LogP contribution in [0, 0.1) is 46.3 Å². The van der Waals surface area contributed by atoms with Crippen LogP contribution in [-0.2, 0) is 4.74 Å². The largest absolute Gasteiger partial charge is 0.446 e. The van der Waals surface area contributed by atoms with Crippen molar-refractivity contribution in [2.24, 2.45) is 46.3 Å². The summed E-state index contributed by atoms with van der Waals surface area (Å²) in [4.78, 5) is 12.6. The van der Waals surface area contributed by atoms with E-state index >= 15 is 0 Å². The van der Waals surface area contributed by atoms with E-state index in [9.17, 15) is 4.79 Å². The Morgan fingerprint density at radius 2 is 1.89 bits per heavy atom. The van der Waals surface area contributed by atoms with Crippen LogP contribution in [0.25, 0.3) is 0 Å². The van der Waals surface area contributed by atoms with Crippen molar-refractivity contribution in [1.29, 1.82) is 0 Å². The lowest BCUT2D eigenvalue weighted by Gasteiger charge is -2.58. The maximum absolute atomic E-state index is 12.6. The lowest BCUT2D eigenvalue weighted by molar-refractivity contribution is -0.0577. The Hall–Kier alpha value is -1.48. The highest BCUT2D eigenvalue weighted by Gasteiger charge is 2.59. The van der Waals surface area contributed by atoms with Gasteiger partial charge in [0.05, 0.1) is 0 Å². The van der Waals surface area contributed by atoms with Gasteiger partial charge >= 0.3 is 6.09 Å². The van der Waals surface area contributed by atoms with Crippen molar-refractivity contribution in [2.75, 3.05) is 5.32 Å². The zero-order chi connectivity index (χ0) is 27.1. The maximum Gasteiger partial charge on any atom is 0.411 e. The zero-order valence-corrected chi connectivity index (χ0v) is 25.2. The number of halogens is 1. The minimum atomic E-state index is -0.372. The van der Waals surface area contributed by atoms with Crippen LogP contribution in [0.1, 0.15) is 105 Å². The first-order valence-corrected chi connectivity index (χ1v) is 15.9. The summed E-state index contributed by atoms with van der Waals surface area (Å²) in [6.45, 7) is 12.5. The summed E-state index contributed by atoms with van der Waals surface area (Å²) in [5, 5.41) is 3.46. The average molecular weight is 540 g/mol. The molecule has 3 fully saturated rings. The third-order valence-corrected chi connectivity index (χ3v) is 11.8. The predicted molar refractivity (Wildman–Crippen MR) is 158 cm³/mol. The van der Waals surface area contributed by atoms with Gasteiger partial charge in [-0.1, -0.05) is 83.2 Å². The molecular weight excluding hydrogens is 490 g/mol. The van der Waals surface area contributed by atoms with Crippen molar-refractivity contribution in [1.82, 2.24) is 0 Å². The van der Waals surface area contributed by atoms with Gasteiger partial charge in [0.15, 0.2) is 0 Å². The number of rotatable bonds is 7. The van der Waals surface area contributed by atoms with E-state index in [1.165, 1.54) is 51.4 Å². The number of ether oxygens (including phenoxy) is 1. The van der Waals surface area contributed by atoms with Crippen molar-refractivity contribution in [3.05, 3.63) is 40.9 Å². The molecule has 0 unspecified atom stereocenters. The quantitative estimate of drug-likeness (QED) is 0.350. The van der Waals surface area contributed by atoms with Gasteiger partial charge in [-0.05, 0) is 109 Å². The molecule has 38 heavy (non-hydrogen) atoms. The highest BCUT2D eigenvalue weighted by atomic mass is 35.5. The van der Waals surface area contributed by atoms with Gasteiger partial charge in [-0.15, -0.1) is 0 Å². The molecule has 0 aliphatic heterocycles. The van der Waals surface area contributed by atoms with Gasteiger partial charge < -0.3 is 4.74 Å². The van der Waals surface area contributed by atoms with Crippen molar-refractivity contribution in [2.45, 2.75) is 111 Å². The van der Waals surface area contributed by atoms with Gasteiger partial charge in [-0.25, -0.2) is 4.79 Å². The van der Waals surface area contributed by atoms with Gasteiger partial charge in [0.25, 0.3) is 0 Å². The molecule has 1 aromatic rings. The lowest BCUT2D eigenvalue weighted by atomic mass is 9.47. The van der Waals surface area contributed by atoms with E-state index in [2.05, 4.69) is 46.0 Å². The molecule has 5 rings (SSSR count). The molecule has 3 nitrogen and oxygen atoms in total. The van der Waals surface area contributed by atoms with Crippen molar-refractivity contribution in [3.8, 4) is 0 Å². The van der Waals surface area contributed by atoms with E-state index in [-0.39, 0.29) is 17.6 Å². The van der Waals surface area contributed by atoms with Crippen molar-refractivity contribution >= 4 is 23.4 Å². The fourth-order valence-electron chi connectivity index (χ4n) is 9.62. The van der Waals surface area contributed by atoms with E-state index in [1.807, 2.05) is 12.1 Å². The molecule has 0 heterocycles. The highest BCUT2D eigenvalue weighted by molar-refractivity contribution is 6.30. The Balaban J connectivity index is 1.22. The first-order valence-electron chi connectivity index (χ1n) is 15.5. The fourth-order valence-corrected chi connectivity index (χ4v) is 9.81. The molecule has 3 saturated carbocycles. The predicted octanol–water partition coefficient (Wildman–Crippen LogP) is 10.3. The maximum atomic E-state index is 12.6. The van der Waals surface area contributed by atoms with Crippen LogP contribution >= 0.6 is 11.6 Å². The molecule has 4 heteroatoms. The number of nitrogens with one attached hydrogen (secondary N) is 1. The SMILES string of the molecule is CC(C)CCC[C@@H](C)[C@@H]1CC[C@@H]2[C@H]3CC=C4C[C@@H](OC(=O)Nc5cccc(Cl)c5)CC[C@]4(C)[C@@H]3CC[C@]21C. The molecule has 0 spiro atoms. The summed E-state index contributed by atoms with van der Waals surface area (Å²) in [6, 6.07) is 7.23. The number of hydrogen-bond acceptors (Lipinski definition) is 2. The molecule has 4 aliphatic carbocycles. The van der Waals surface area contributed by atoms with Crippen LogP contribution in [-0.4, -0.2) is 12.2 Å². The van der Waals surface area contributed by atoms with E-state index in [0.29, 0.717) is 16.1 Å². The van der Waals surface area contributed by atoms with Crippen LogP contribution in [0.2, 0.25) is 5.02 Å². The number of hydrogen-bond donors (Lipinski definition) is 1. The Morgan fingerprint density at radius 1 is 1.08 bits per heavy atom. The first kappa shape index (κ1) is 28.1. The van der Waals surface area contributed by atoms with Crippen LogP contribution in [0.4, 0.5) is 10.5 Å². The summed E-state index contributed by atoms with van der Waals surface area (Å²) in [6.07, 6.45) is 16.2. The molecule has 1 N–H and O–H groups in total. The summed E-state index contributed by atoms with van der Waals surface area (Å²) in [7, 11) is 0. The summed E-state index contributed by atoms with van der Waals surface area (Å²) >= 11 is 6.06. The number of anilines is 1. The fraction of sp³-hybridized carbons (Fsp3) is 0.735. The van der Waals surface area contributed by atoms with Gasteiger partial charge in [0.1, 0.15) is 6.10 Å². The summed E-state index contributed by atoms with van der Waals surface area (Å²) in [5.74, 6) is 5.09. The van der Waals surface area contributed by atoms with Crippen LogP contribution in [0.15, 0.2) is 35.9 Å². The number of fused-ring (bicyclic) bond motifs is 5.